The summed E-state index contributed by atoms with van der Waals surface area (Å²) in [7, 11) is 0. The van der Waals surface area contributed by atoms with Crippen LogP contribution in [0.4, 0.5) is 10.1 Å². The van der Waals surface area contributed by atoms with Gasteiger partial charge in [0.15, 0.2) is 0 Å². The van der Waals surface area contributed by atoms with Gasteiger partial charge in [0.05, 0.1) is 5.69 Å². The second-order valence-electron chi connectivity index (χ2n) is 2.20. The van der Waals surface area contributed by atoms with Crippen molar-refractivity contribution >= 4 is 17.7 Å². The molecule has 1 aromatic rings. The normalized spacial score (nSPS) is 9.00. The molecule has 5 heteroatoms. The maximum Gasteiger partial charge on any atom is 0.253 e. The monoisotopic (exact) mass is 180 g/mol. The Morgan fingerprint density at radius 3 is 2.77 bits per heavy atom. The third kappa shape index (κ3) is 1.77. The molecule has 0 bridgehead atoms. The van der Waals surface area contributed by atoms with E-state index in [2.05, 4.69) is 4.99 Å². The summed E-state index contributed by atoms with van der Waals surface area (Å²) >= 11 is 0. The Bertz CT molecular complexity index is 397. The second-order valence-corrected chi connectivity index (χ2v) is 2.20. The zero-order valence-electron chi connectivity index (χ0n) is 6.45. The van der Waals surface area contributed by atoms with Crippen molar-refractivity contribution in [1.29, 1.82) is 0 Å². The van der Waals surface area contributed by atoms with E-state index < -0.39 is 17.3 Å². The number of hydrogen-bond donors (Lipinski definition) is 1. The fourth-order valence-corrected chi connectivity index (χ4v) is 0.899. The molecule has 0 radical (unpaired) electrons. The van der Waals surface area contributed by atoms with E-state index in [0.29, 0.717) is 0 Å². The molecule has 0 spiro atoms. The fourth-order valence-electron chi connectivity index (χ4n) is 0.899. The van der Waals surface area contributed by atoms with Crippen molar-refractivity contribution in [2.45, 2.75) is 0 Å². The van der Waals surface area contributed by atoms with Gasteiger partial charge in [-0.1, -0.05) is 6.07 Å². The van der Waals surface area contributed by atoms with Crippen molar-refractivity contribution in [3.8, 4) is 0 Å². The van der Waals surface area contributed by atoms with Gasteiger partial charge in [-0.25, -0.2) is 9.18 Å². The van der Waals surface area contributed by atoms with E-state index in [0.717, 1.165) is 6.07 Å². The third-order valence-electron chi connectivity index (χ3n) is 1.40. The van der Waals surface area contributed by atoms with Gasteiger partial charge in [0.1, 0.15) is 11.4 Å². The van der Waals surface area contributed by atoms with E-state index in [4.69, 9.17) is 5.73 Å². The quantitative estimate of drug-likeness (QED) is 0.542. The number of primary amides is 1. The summed E-state index contributed by atoms with van der Waals surface area (Å²) in [5.41, 5.74) is 4.37. The second kappa shape index (κ2) is 3.60. The van der Waals surface area contributed by atoms with Crippen LogP contribution in [0, 0.1) is 5.82 Å². The zero-order chi connectivity index (χ0) is 9.84. The highest BCUT2D eigenvalue weighted by Crippen LogP contribution is 2.20. The van der Waals surface area contributed by atoms with Crippen LogP contribution >= 0.6 is 0 Å². The Kier molecular flexibility index (Phi) is 2.52. The first-order valence-electron chi connectivity index (χ1n) is 3.33. The van der Waals surface area contributed by atoms with Crippen LogP contribution in [0.3, 0.4) is 0 Å². The summed E-state index contributed by atoms with van der Waals surface area (Å²) in [5.74, 6) is -1.77. The van der Waals surface area contributed by atoms with Gasteiger partial charge in [-0.3, -0.25) is 4.79 Å². The van der Waals surface area contributed by atoms with Gasteiger partial charge in [0.25, 0.3) is 5.91 Å². The van der Waals surface area contributed by atoms with Crippen LogP contribution in [0.1, 0.15) is 10.4 Å². The first-order valence-corrected chi connectivity index (χ1v) is 3.33. The molecule has 0 unspecified atom stereocenters. The fraction of sp³-hybridized carbons (Fsp3) is 0. The molecule has 13 heavy (non-hydrogen) atoms. The molecule has 0 fully saturated rings. The van der Waals surface area contributed by atoms with Crippen molar-refractivity contribution in [3.05, 3.63) is 29.6 Å². The van der Waals surface area contributed by atoms with E-state index in [1.165, 1.54) is 18.2 Å². The van der Waals surface area contributed by atoms with Gasteiger partial charge in [0.2, 0.25) is 6.08 Å². The van der Waals surface area contributed by atoms with E-state index in [9.17, 15) is 14.0 Å². The van der Waals surface area contributed by atoms with E-state index in [1.807, 2.05) is 0 Å². The van der Waals surface area contributed by atoms with E-state index in [-0.39, 0.29) is 5.69 Å². The highest BCUT2D eigenvalue weighted by Gasteiger charge is 2.12. The lowest BCUT2D eigenvalue weighted by atomic mass is 10.1. The van der Waals surface area contributed by atoms with Crippen molar-refractivity contribution < 1.29 is 14.0 Å². The number of isocyanates is 1. The molecule has 1 rings (SSSR count). The maximum atomic E-state index is 12.9. The van der Waals surface area contributed by atoms with Crippen molar-refractivity contribution in [2.24, 2.45) is 10.7 Å². The van der Waals surface area contributed by atoms with Gasteiger partial charge >= 0.3 is 0 Å². The van der Waals surface area contributed by atoms with Crippen molar-refractivity contribution in [3.63, 3.8) is 0 Å². The van der Waals surface area contributed by atoms with Crippen LogP contribution < -0.4 is 5.73 Å². The van der Waals surface area contributed by atoms with E-state index in [1.54, 1.807) is 0 Å². The van der Waals surface area contributed by atoms with E-state index >= 15 is 0 Å². The highest BCUT2D eigenvalue weighted by molar-refractivity contribution is 5.98. The number of benzene rings is 1. The molecule has 0 saturated carbocycles. The summed E-state index contributed by atoms with van der Waals surface area (Å²) in [5, 5.41) is 0. The molecule has 0 atom stereocenters. The summed E-state index contributed by atoms with van der Waals surface area (Å²) < 4.78 is 12.9. The molecule has 0 aromatic heterocycles. The molecular weight excluding hydrogens is 175 g/mol. The molecule has 66 valence electrons. The van der Waals surface area contributed by atoms with Crippen LogP contribution in [-0.2, 0) is 4.79 Å². The number of aliphatic imine (C=N–C) groups is 1. The van der Waals surface area contributed by atoms with Gasteiger partial charge in [-0.2, -0.15) is 4.99 Å². The molecule has 0 heterocycles. The highest BCUT2D eigenvalue weighted by atomic mass is 19.1. The van der Waals surface area contributed by atoms with Gasteiger partial charge in [-0.15, -0.1) is 0 Å². The van der Waals surface area contributed by atoms with Crippen LogP contribution in [0.5, 0.6) is 0 Å². The SMILES string of the molecule is NC(=O)c1c(F)cccc1N=C=O. The first-order chi connectivity index (χ1) is 6.16. The summed E-state index contributed by atoms with van der Waals surface area (Å²) in [6.07, 6.45) is 1.21. The number of halogens is 1. The molecular formula is C8H5FN2O2. The van der Waals surface area contributed by atoms with Crippen LogP contribution in [0.15, 0.2) is 23.2 Å². The Balaban J connectivity index is 3.42. The van der Waals surface area contributed by atoms with Crippen LogP contribution in [0.25, 0.3) is 0 Å². The number of nitrogens with zero attached hydrogens (tertiary/aromatic N) is 1. The van der Waals surface area contributed by atoms with Gasteiger partial charge < -0.3 is 5.73 Å². The Hall–Kier alpha value is -2.00. The minimum absolute atomic E-state index is 0.109. The number of rotatable bonds is 2. The number of carbonyl (C=O) groups is 1. The molecule has 0 aliphatic carbocycles. The molecule has 1 aromatic carbocycles. The van der Waals surface area contributed by atoms with Crippen LogP contribution in [0.2, 0.25) is 0 Å². The van der Waals surface area contributed by atoms with Crippen LogP contribution in [-0.4, -0.2) is 12.0 Å². The Morgan fingerprint density at radius 1 is 1.54 bits per heavy atom. The molecule has 2 N–H and O–H groups in total. The number of nitrogens with two attached hydrogens (primary N) is 1. The lowest BCUT2D eigenvalue weighted by Gasteiger charge is -1.99. The summed E-state index contributed by atoms with van der Waals surface area (Å²) in [6, 6.07) is 3.68. The predicted octanol–water partition coefficient (Wildman–Crippen LogP) is 0.892. The number of carbonyl (C=O) groups excluding carboxylic acids is 2. The molecule has 4 nitrogen and oxygen atoms in total. The Labute approximate surface area is 72.9 Å². The predicted molar refractivity (Wildman–Crippen MR) is 42.7 cm³/mol. The minimum atomic E-state index is -0.966. The average Bonchev–Trinajstić information content (AvgIpc) is 2.04. The lowest BCUT2D eigenvalue weighted by Crippen LogP contribution is -2.13. The first kappa shape index (κ1) is 9.09. The van der Waals surface area contributed by atoms with Gasteiger partial charge in [0, 0.05) is 0 Å². The van der Waals surface area contributed by atoms with Gasteiger partial charge in [-0.05, 0) is 12.1 Å². The maximum absolute atomic E-state index is 12.9. The number of amides is 1. The largest absolute Gasteiger partial charge is 0.365 e. The summed E-state index contributed by atoms with van der Waals surface area (Å²) in [6.45, 7) is 0. The number of hydrogen-bond acceptors (Lipinski definition) is 3. The smallest absolute Gasteiger partial charge is 0.253 e. The average molecular weight is 180 g/mol. The standard InChI is InChI=1S/C8H5FN2O2/c9-5-2-1-3-6(11-4-12)7(5)8(10)13/h1-3H,(H2,10,13). The zero-order valence-corrected chi connectivity index (χ0v) is 6.45. The minimum Gasteiger partial charge on any atom is -0.365 e. The van der Waals surface area contributed by atoms with Crippen molar-refractivity contribution in [2.75, 3.05) is 0 Å². The Morgan fingerprint density at radius 2 is 2.23 bits per heavy atom. The summed E-state index contributed by atoms with van der Waals surface area (Å²) in [4.78, 5) is 23.7. The third-order valence-corrected chi connectivity index (χ3v) is 1.40. The topological polar surface area (TPSA) is 72.5 Å². The van der Waals surface area contributed by atoms with Crippen molar-refractivity contribution in [1.82, 2.24) is 0 Å². The molecule has 0 saturated heterocycles. The molecule has 0 aliphatic heterocycles. The lowest BCUT2D eigenvalue weighted by molar-refractivity contribution is 0.0997. The molecule has 0 aliphatic rings. The molecule has 1 amide bonds.